The molecular formula is C16H12ClNO4. The molecule has 2 rings (SSSR count). The van der Waals surface area contributed by atoms with Crippen LogP contribution in [-0.4, -0.2) is 24.3 Å². The SMILES string of the molecule is N#Cc1ccc(OCCOC(=O)c2cc(Cl)ccc2O)cc1. The molecule has 2 aromatic carbocycles. The summed E-state index contributed by atoms with van der Waals surface area (Å²) in [4.78, 5) is 11.8. The Hall–Kier alpha value is -2.71. The van der Waals surface area contributed by atoms with Crippen molar-refractivity contribution in [2.24, 2.45) is 0 Å². The van der Waals surface area contributed by atoms with E-state index in [-0.39, 0.29) is 24.5 Å². The summed E-state index contributed by atoms with van der Waals surface area (Å²) in [6, 6.07) is 12.7. The topological polar surface area (TPSA) is 79.5 Å². The number of carbonyl (C=O) groups excluding carboxylic acids is 1. The number of phenols is 1. The molecule has 0 unspecified atom stereocenters. The van der Waals surface area contributed by atoms with Crippen molar-refractivity contribution < 1.29 is 19.4 Å². The van der Waals surface area contributed by atoms with E-state index in [1.54, 1.807) is 24.3 Å². The molecule has 2 aromatic rings. The molecular weight excluding hydrogens is 306 g/mol. The number of nitriles is 1. The van der Waals surface area contributed by atoms with Gasteiger partial charge in [-0.05, 0) is 42.5 Å². The van der Waals surface area contributed by atoms with E-state index in [4.69, 9.17) is 26.3 Å². The molecule has 0 aliphatic rings. The molecule has 6 heteroatoms. The van der Waals surface area contributed by atoms with Crippen molar-refractivity contribution in [2.75, 3.05) is 13.2 Å². The number of rotatable bonds is 5. The first kappa shape index (κ1) is 15.7. The van der Waals surface area contributed by atoms with Crippen LogP contribution in [0.4, 0.5) is 0 Å². The molecule has 0 saturated heterocycles. The maximum Gasteiger partial charge on any atom is 0.342 e. The van der Waals surface area contributed by atoms with Gasteiger partial charge in [-0.2, -0.15) is 5.26 Å². The van der Waals surface area contributed by atoms with Crippen molar-refractivity contribution >= 4 is 17.6 Å². The fraction of sp³-hybridized carbons (Fsp3) is 0.125. The number of ether oxygens (including phenoxy) is 2. The molecule has 112 valence electrons. The average Bonchev–Trinajstić information content (AvgIpc) is 2.54. The molecule has 0 atom stereocenters. The maximum absolute atomic E-state index is 11.8. The van der Waals surface area contributed by atoms with Crippen molar-refractivity contribution in [2.45, 2.75) is 0 Å². The highest BCUT2D eigenvalue weighted by atomic mass is 35.5. The van der Waals surface area contributed by atoms with Crippen LogP contribution in [-0.2, 0) is 4.74 Å². The van der Waals surface area contributed by atoms with E-state index >= 15 is 0 Å². The first-order valence-electron chi connectivity index (χ1n) is 6.39. The van der Waals surface area contributed by atoms with Gasteiger partial charge < -0.3 is 14.6 Å². The first-order valence-corrected chi connectivity index (χ1v) is 6.76. The second-order valence-electron chi connectivity index (χ2n) is 4.28. The molecule has 0 spiro atoms. The number of hydrogen-bond acceptors (Lipinski definition) is 5. The summed E-state index contributed by atoms with van der Waals surface area (Å²) in [7, 11) is 0. The highest BCUT2D eigenvalue weighted by Gasteiger charge is 2.13. The fourth-order valence-corrected chi connectivity index (χ4v) is 1.84. The van der Waals surface area contributed by atoms with Crippen LogP contribution in [0.25, 0.3) is 0 Å². The van der Waals surface area contributed by atoms with Crippen molar-refractivity contribution in [3.63, 3.8) is 0 Å². The number of esters is 1. The lowest BCUT2D eigenvalue weighted by Crippen LogP contribution is -2.12. The van der Waals surface area contributed by atoms with Gasteiger partial charge in [-0.1, -0.05) is 11.6 Å². The molecule has 1 N–H and O–H groups in total. The normalized spacial score (nSPS) is 9.82. The van der Waals surface area contributed by atoms with E-state index in [9.17, 15) is 9.90 Å². The van der Waals surface area contributed by atoms with E-state index in [2.05, 4.69) is 0 Å². The van der Waals surface area contributed by atoms with Gasteiger partial charge in [-0.25, -0.2) is 4.79 Å². The first-order chi connectivity index (χ1) is 10.6. The third-order valence-electron chi connectivity index (χ3n) is 2.75. The number of nitrogens with zero attached hydrogens (tertiary/aromatic N) is 1. The molecule has 0 aromatic heterocycles. The Morgan fingerprint density at radius 2 is 1.91 bits per heavy atom. The number of phenolic OH excluding ortho intramolecular Hbond substituents is 1. The third-order valence-corrected chi connectivity index (χ3v) is 2.98. The monoisotopic (exact) mass is 317 g/mol. The molecule has 5 nitrogen and oxygen atoms in total. The molecule has 22 heavy (non-hydrogen) atoms. The van der Waals surface area contributed by atoms with Crippen LogP contribution in [0.15, 0.2) is 42.5 Å². The molecule has 0 heterocycles. The number of halogens is 1. The molecule has 0 aliphatic carbocycles. The summed E-state index contributed by atoms with van der Waals surface area (Å²) in [5, 5.41) is 18.6. The Bertz CT molecular complexity index is 707. The molecule has 0 radical (unpaired) electrons. The average molecular weight is 318 g/mol. The van der Waals surface area contributed by atoms with Gasteiger partial charge in [0, 0.05) is 5.02 Å². The summed E-state index contributed by atoms with van der Waals surface area (Å²) < 4.78 is 10.4. The van der Waals surface area contributed by atoms with E-state index < -0.39 is 5.97 Å². The molecule has 0 bridgehead atoms. The fourth-order valence-electron chi connectivity index (χ4n) is 1.67. The molecule has 0 fully saturated rings. The van der Waals surface area contributed by atoms with Crippen LogP contribution in [0.1, 0.15) is 15.9 Å². The van der Waals surface area contributed by atoms with Gasteiger partial charge in [0.1, 0.15) is 30.3 Å². The predicted molar refractivity (Wildman–Crippen MR) is 80.1 cm³/mol. The third kappa shape index (κ3) is 4.14. The van der Waals surface area contributed by atoms with E-state index in [0.717, 1.165) is 0 Å². The number of aromatic hydroxyl groups is 1. The molecule has 0 saturated carbocycles. The van der Waals surface area contributed by atoms with Crippen LogP contribution in [0.5, 0.6) is 11.5 Å². The smallest absolute Gasteiger partial charge is 0.342 e. The lowest BCUT2D eigenvalue weighted by molar-refractivity contribution is 0.0447. The standard InChI is InChI=1S/C16H12ClNO4/c17-12-3-6-15(19)14(9-12)16(20)22-8-7-21-13-4-1-11(10-18)2-5-13/h1-6,9,19H,7-8H2. The van der Waals surface area contributed by atoms with E-state index in [1.165, 1.54) is 18.2 Å². The van der Waals surface area contributed by atoms with Gasteiger partial charge in [0.2, 0.25) is 0 Å². The summed E-state index contributed by atoms with van der Waals surface area (Å²) in [5.41, 5.74) is 0.543. The minimum Gasteiger partial charge on any atom is -0.507 e. The summed E-state index contributed by atoms with van der Waals surface area (Å²) in [5.74, 6) is -0.300. The zero-order valence-corrected chi connectivity index (χ0v) is 12.2. The Balaban J connectivity index is 1.82. The number of benzene rings is 2. The van der Waals surface area contributed by atoms with Crippen molar-refractivity contribution in [3.05, 3.63) is 58.6 Å². The lowest BCUT2D eigenvalue weighted by Gasteiger charge is -2.08. The van der Waals surface area contributed by atoms with Crippen LogP contribution >= 0.6 is 11.6 Å². The maximum atomic E-state index is 11.8. The molecule has 0 aliphatic heterocycles. The number of carbonyl (C=O) groups is 1. The number of hydrogen-bond donors (Lipinski definition) is 1. The highest BCUT2D eigenvalue weighted by Crippen LogP contribution is 2.22. The Kier molecular flexibility index (Phi) is 5.23. The van der Waals surface area contributed by atoms with Crippen LogP contribution in [0, 0.1) is 11.3 Å². The second-order valence-corrected chi connectivity index (χ2v) is 4.72. The van der Waals surface area contributed by atoms with Crippen molar-refractivity contribution in [1.82, 2.24) is 0 Å². The lowest BCUT2D eigenvalue weighted by atomic mass is 10.2. The van der Waals surface area contributed by atoms with Gasteiger partial charge >= 0.3 is 5.97 Å². The predicted octanol–water partition coefficient (Wildman–Crippen LogP) is 3.15. The van der Waals surface area contributed by atoms with Crippen molar-refractivity contribution in [1.29, 1.82) is 5.26 Å². The van der Waals surface area contributed by atoms with Gasteiger partial charge in [0.25, 0.3) is 0 Å². The van der Waals surface area contributed by atoms with E-state index in [0.29, 0.717) is 16.3 Å². The Morgan fingerprint density at radius 1 is 1.18 bits per heavy atom. The van der Waals surface area contributed by atoms with Crippen LogP contribution in [0.3, 0.4) is 0 Å². The van der Waals surface area contributed by atoms with E-state index in [1.807, 2.05) is 6.07 Å². The summed E-state index contributed by atoms with van der Waals surface area (Å²) in [6.45, 7) is 0.170. The minimum absolute atomic E-state index is 0.00544. The zero-order valence-electron chi connectivity index (χ0n) is 11.5. The minimum atomic E-state index is -0.677. The van der Waals surface area contributed by atoms with Gasteiger partial charge in [0.05, 0.1) is 11.6 Å². The van der Waals surface area contributed by atoms with Crippen molar-refractivity contribution in [3.8, 4) is 17.6 Å². The quantitative estimate of drug-likeness (QED) is 0.677. The largest absolute Gasteiger partial charge is 0.507 e. The van der Waals surface area contributed by atoms with Crippen LogP contribution < -0.4 is 4.74 Å². The van der Waals surface area contributed by atoms with Gasteiger partial charge in [-0.3, -0.25) is 0 Å². The summed E-state index contributed by atoms with van der Waals surface area (Å²) >= 11 is 5.76. The van der Waals surface area contributed by atoms with Gasteiger partial charge in [-0.15, -0.1) is 0 Å². The highest BCUT2D eigenvalue weighted by molar-refractivity contribution is 6.31. The summed E-state index contributed by atoms with van der Waals surface area (Å²) in [6.07, 6.45) is 0. The van der Waals surface area contributed by atoms with Gasteiger partial charge in [0.15, 0.2) is 0 Å². The molecule has 0 amide bonds. The Morgan fingerprint density at radius 3 is 2.59 bits per heavy atom. The second kappa shape index (κ2) is 7.34. The van der Waals surface area contributed by atoms with Crippen LogP contribution in [0.2, 0.25) is 5.02 Å². The zero-order chi connectivity index (χ0) is 15.9. The Labute approximate surface area is 132 Å².